The first-order chi connectivity index (χ1) is 24.0. The summed E-state index contributed by atoms with van der Waals surface area (Å²) in [4.78, 5) is 27.9. The molecule has 0 saturated carbocycles. The van der Waals surface area contributed by atoms with Crippen molar-refractivity contribution in [3.63, 3.8) is 0 Å². The molecule has 1 fully saturated rings. The maximum Gasteiger partial charge on any atom is 0.305 e. The van der Waals surface area contributed by atoms with Gasteiger partial charge in [-0.05, 0) is 64.0 Å². The summed E-state index contributed by atoms with van der Waals surface area (Å²) in [5, 5.41) is 0. The van der Waals surface area contributed by atoms with E-state index in [-0.39, 0.29) is 11.9 Å². The van der Waals surface area contributed by atoms with Gasteiger partial charge in [0.15, 0.2) is 0 Å². The molecule has 0 spiro atoms. The van der Waals surface area contributed by atoms with Gasteiger partial charge >= 0.3 is 5.97 Å². The Morgan fingerprint density at radius 2 is 0.939 bits per heavy atom. The Balaban J connectivity index is 2.37. The molecule has 0 aromatic heterocycles. The lowest BCUT2D eigenvalue weighted by atomic mass is 9.88. The van der Waals surface area contributed by atoms with E-state index in [1.165, 1.54) is 167 Å². The summed E-state index contributed by atoms with van der Waals surface area (Å²) in [6.45, 7) is 9.45. The standard InChI is InChI=1S/C45H87NO3/c1-5-8-11-14-17-20-23-26-31-42(35-36-44(47)43-37-38-46(4)40-43)32-27-34-45(48)49-39-28-33-41(29-24-21-18-15-12-9-6-2)30-25-22-19-16-13-10-7-3/h41-43H,5-40H2,1-4H3. The van der Waals surface area contributed by atoms with Crippen molar-refractivity contribution in [3.05, 3.63) is 0 Å². The second-order valence-electron chi connectivity index (χ2n) is 16.3. The van der Waals surface area contributed by atoms with Crippen molar-refractivity contribution in [3.8, 4) is 0 Å². The molecule has 1 heterocycles. The molecule has 1 aliphatic heterocycles. The third-order valence-electron chi connectivity index (χ3n) is 11.6. The Morgan fingerprint density at radius 1 is 0.531 bits per heavy atom. The van der Waals surface area contributed by atoms with Crippen LogP contribution in [0.2, 0.25) is 0 Å². The van der Waals surface area contributed by atoms with Gasteiger partial charge in [0.05, 0.1) is 6.61 Å². The Hall–Kier alpha value is -0.900. The Bertz CT molecular complexity index is 721. The fourth-order valence-electron chi connectivity index (χ4n) is 8.13. The van der Waals surface area contributed by atoms with Gasteiger partial charge in [0.25, 0.3) is 0 Å². The molecule has 1 rings (SSSR count). The van der Waals surface area contributed by atoms with Crippen molar-refractivity contribution < 1.29 is 14.3 Å². The molecule has 2 atom stereocenters. The first kappa shape index (κ1) is 46.1. The van der Waals surface area contributed by atoms with E-state index in [2.05, 4.69) is 32.7 Å². The first-order valence-corrected chi connectivity index (χ1v) is 22.4. The van der Waals surface area contributed by atoms with Crippen LogP contribution < -0.4 is 0 Å². The minimum atomic E-state index is -0.00777. The maximum absolute atomic E-state index is 12.9. The number of hydrogen-bond donors (Lipinski definition) is 0. The minimum absolute atomic E-state index is 0.00777. The smallest absolute Gasteiger partial charge is 0.305 e. The van der Waals surface area contributed by atoms with Gasteiger partial charge in [0.1, 0.15) is 5.78 Å². The summed E-state index contributed by atoms with van der Waals surface area (Å²) in [6.07, 6.45) is 41.5. The van der Waals surface area contributed by atoms with Gasteiger partial charge < -0.3 is 9.64 Å². The average Bonchev–Trinajstić information content (AvgIpc) is 3.54. The van der Waals surface area contributed by atoms with Crippen molar-refractivity contribution in [2.24, 2.45) is 17.8 Å². The molecule has 290 valence electrons. The Kier molecular flexibility index (Phi) is 32.2. The lowest BCUT2D eigenvalue weighted by Crippen LogP contribution is -2.20. The normalized spacial score (nSPS) is 15.7. The zero-order valence-electron chi connectivity index (χ0n) is 33.9. The van der Waals surface area contributed by atoms with Gasteiger partial charge in [-0.2, -0.15) is 0 Å². The molecule has 1 saturated heterocycles. The van der Waals surface area contributed by atoms with Crippen LogP contribution in [0.1, 0.15) is 233 Å². The second kappa shape index (κ2) is 34.2. The third kappa shape index (κ3) is 28.4. The molecular formula is C45H87NO3. The van der Waals surface area contributed by atoms with Crippen LogP contribution in [0.15, 0.2) is 0 Å². The number of esters is 1. The highest BCUT2D eigenvalue weighted by Crippen LogP contribution is 2.26. The van der Waals surface area contributed by atoms with Crippen LogP contribution in [0.5, 0.6) is 0 Å². The molecule has 2 unspecified atom stereocenters. The zero-order valence-corrected chi connectivity index (χ0v) is 33.9. The summed E-state index contributed by atoms with van der Waals surface area (Å²) >= 11 is 0. The van der Waals surface area contributed by atoms with Gasteiger partial charge in [0.2, 0.25) is 0 Å². The van der Waals surface area contributed by atoms with Crippen molar-refractivity contribution >= 4 is 11.8 Å². The number of rotatable bonds is 37. The molecule has 0 aliphatic carbocycles. The van der Waals surface area contributed by atoms with Crippen molar-refractivity contribution in [1.29, 1.82) is 0 Å². The number of carbonyl (C=O) groups is 2. The summed E-state index contributed by atoms with van der Waals surface area (Å²) in [7, 11) is 2.13. The molecule has 49 heavy (non-hydrogen) atoms. The summed E-state index contributed by atoms with van der Waals surface area (Å²) in [6, 6.07) is 0. The number of likely N-dealkylation sites (tertiary alicyclic amines) is 1. The average molecular weight is 690 g/mol. The van der Waals surface area contributed by atoms with Crippen LogP contribution in [0.25, 0.3) is 0 Å². The highest BCUT2D eigenvalue weighted by molar-refractivity contribution is 5.81. The van der Waals surface area contributed by atoms with Crippen LogP contribution in [0, 0.1) is 17.8 Å². The van der Waals surface area contributed by atoms with Crippen LogP contribution in [-0.2, 0) is 14.3 Å². The van der Waals surface area contributed by atoms with E-state index in [4.69, 9.17) is 4.74 Å². The van der Waals surface area contributed by atoms with Crippen LogP contribution in [0.4, 0.5) is 0 Å². The summed E-state index contributed by atoms with van der Waals surface area (Å²) in [5.74, 6) is 2.08. The number of nitrogens with zero attached hydrogens (tertiary/aromatic N) is 1. The number of hydrogen-bond acceptors (Lipinski definition) is 4. The predicted octanol–water partition coefficient (Wildman–Crippen LogP) is 13.8. The van der Waals surface area contributed by atoms with E-state index in [1.54, 1.807) is 0 Å². The van der Waals surface area contributed by atoms with Crippen LogP contribution >= 0.6 is 0 Å². The van der Waals surface area contributed by atoms with Crippen LogP contribution in [0.3, 0.4) is 0 Å². The summed E-state index contributed by atoms with van der Waals surface area (Å²) in [5.41, 5.74) is 0. The molecule has 1 aliphatic rings. The molecule has 0 amide bonds. The van der Waals surface area contributed by atoms with Crippen molar-refractivity contribution in [1.82, 2.24) is 4.90 Å². The third-order valence-corrected chi connectivity index (χ3v) is 11.6. The van der Waals surface area contributed by atoms with Crippen molar-refractivity contribution in [2.45, 2.75) is 233 Å². The predicted molar refractivity (Wildman–Crippen MR) is 213 cm³/mol. The molecule has 0 radical (unpaired) electrons. The van der Waals surface area contributed by atoms with Gasteiger partial charge in [-0.3, -0.25) is 9.59 Å². The van der Waals surface area contributed by atoms with Crippen molar-refractivity contribution in [2.75, 3.05) is 26.7 Å². The number of ketones is 1. The van der Waals surface area contributed by atoms with Gasteiger partial charge in [-0.1, -0.05) is 181 Å². The largest absolute Gasteiger partial charge is 0.466 e. The fraction of sp³-hybridized carbons (Fsp3) is 0.956. The number of ether oxygens (including phenoxy) is 1. The van der Waals surface area contributed by atoms with E-state index < -0.39 is 0 Å². The van der Waals surface area contributed by atoms with E-state index in [9.17, 15) is 9.59 Å². The number of unbranched alkanes of at least 4 members (excludes halogenated alkanes) is 19. The zero-order chi connectivity index (χ0) is 35.6. The lowest BCUT2D eigenvalue weighted by Gasteiger charge is -2.18. The first-order valence-electron chi connectivity index (χ1n) is 22.4. The second-order valence-corrected chi connectivity index (χ2v) is 16.3. The molecule has 4 heteroatoms. The highest BCUT2D eigenvalue weighted by atomic mass is 16.5. The van der Waals surface area contributed by atoms with E-state index in [0.29, 0.717) is 24.7 Å². The molecule has 0 aromatic rings. The molecular weight excluding hydrogens is 602 g/mol. The van der Waals surface area contributed by atoms with Crippen LogP contribution in [-0.4, -0.2) is 43.4 Å². The fourth-order valence-corrected chi connectivity index (χ4v) is 8.13. The molecule has 4 nitrogen and oxygen atoms in total. The Labute approximate surface area is 307 Å². The monoisotopic (exact) mass is 690 g/mol. The van der Waals surface area contributed by atoms with E-state index in [0.717, 1.165) is 57.5 Å². The minimum Gasteiger partial charge on any atom is -0.466 e. The topological polar surface area (TPSA) is 46.6 Å². The summed E-state index contributed by atoms with van der Waals surface area (Å²) < 4.78 is 5.77. The number of carbonyl (C=O) groups excluding carboxylic acids is 2. The quantitative estimate of drug-likeness (QED) is 0.0481. The maximum atomic E-state index is 12.9. The molecule has 0 bridgehead atoms. The lowest BCUT2D eigenvalue weighted by molar-refractivity contribution is -0.144. The number of Topliss-reactive ketones (excluding diaryl/α,β-unsaturated/α-hetero) is 1. The highest BCUT2D eigenvalue weighted by Gasteiger charge is 2.26. The van der Waals surface area contributed by atoms with E-state index >= 15 is 0 Å². The Morgan fingerprint density at radius 3 is 1.39 bits per heavy atom. The van der Waals surface area contributed by atoms with Gasteiger partial charge in [-0.25, -0.2) is 0 Å². The SMILES string of the molecule is CCCCCCCCCCC(CCCC(=O)OCCCC(CCCCCCCCC)CCCCCCCCC)CCC(=O)C1CCN(C)C1. The molecule has 0 N–H and O–H groups in total. The van der Waals surface area contributed by atoms with E-state index in [1.807, 2.05) is 0 Å². The van der Waals surface area contributed by atoms with Gasteiger partial charge in [0, 0.05) is 25.3 Å². The van der Waals surface area contributed by atoms with Gasteiger partial charge in [-0.15, -0.1) is 0 Å². The molecule has 0 aromatic carbocycles.